The topological polar surface area (TPSA) is 43.7 Å². The fourth-order valence-electron chi connectivity index (χ4n) is 2.07. The molecule has 0 spiro atoms. The van der Waals surface area contributed by atoms with Gasteiger partial charge in [-0.05, 0) is 39.0 Å². The van der Waals surface area contributed by atoms with Crippen LogP contribution in [0.3, 0.4) is 0 Å². The van der Waals surface area contributed by atoms with Crippen LogP contribution in [0.5, 0.6) is 0 Å². The second-order valence-corrected chi connectivity index (χ2v) is 4.95. The van der Waals surface area contributed by atoms with Crippen molar-refractivity contribution in [1.29, 1.82) is 0 Å². The Balaban J connectivity index is 4.39. The van der Waals surface area contributed by atoms with Gasteiger partial charge in [0.15, 0.2) is 0 Å². The van der Waals surface area contributed by atoms with Gasteiger partial charge in [0.1, 0.15) is 12.5 Å². The van der Waals surface area contributed by atoms with E-state index >= 15 is 0 Å². The SMILES string of the molecule is CCCCC(O)N(C(C)CC)C(O)CCCC. The van der Waals surface area contributed by atoms with Crippen LogP contribution in [-0.2, 0) is 0 Å². The van der Waals surface area contributed by atoms with Gasteiger partial charge in [0.25, 0.3) is 0 Å². The molecule has 17 heavy (non-hydrogen) atoms. The van der Waals surface area contributed by atoms with E-state index in [9.17, 15) is 10.2 Å². The van der Waals surface area contributed by atoms with Gasteiger partial charge in [0.2, 0.25) is 0 Å². The van der Waals surface area contributed by atoms with E-state index in [2.05, 4.69) is 27.7 Å². The van der Waals surface area contributed by atoms with Gasteiger partial charge in [-0.15, -0.1) is 0 Å². The van der Waals surface area contributed by atoms with E-state index < -0.39 is 12.5 Å². The average Bonchev–Trinajstić information content (AvgIpc) is 2.33. The first-order valence-electron chi connectivity index (χ1n) is 7.21. The van der Waals surface area contributed by atoms with Crippen LogP contribution in [0.25, 0.3) is 0 Å². The number of unbranched alkanes of at least 4 members (excludes halogenated alkanes) is 2. The van der Waals surface area contributed by atoms with Crippen molar-refractivity contribution in [3.63, 3.8) is 0 Å². The number of hydrogen-bond donors (Lipinski definition) is 2. The van der Waals surface area contributed by atoms with Crippen LogP contribution in [0.1, 0.15) is 72.6 Å². The number of hydrogen-bond acceptors (Lipinski definition) is 3. The van der Waals surface area contributed by atoms with Crippen molar-refractivity contribution >= 4 is 0 Å². The van der Waals surface area contributed by atoms with Crippen molar-refractivity contribution in [2.45, 2.75) is 91.1 Å². The summed E-state index contributed by atoms with van der Waals surface area (Å²) in [6.07, 6.45) is 5.63. The Hall–Kier alpha value is -0.120. The van der Waals surface area contributed by atoms with Gasteiger partial charge >= 0.3 is 0 Å². The van der Waals surface area contributed by atoms with Crippen molar-refractivity contribution < 1.29 is 10.2 Å². The van der Waals surface area contributed by atoms with Gasteiger partial charge in [-0.2, -0.15) is 0 Å². The van der Waals surface area contributed by atoms with Crippen LogP contribution in [-0.4, -0.2) is 33.6 Å². The lowest BCUT2D eigenvalue weighted by Gasteiger charge is -2.37. The molecule has 0 aliphatic heterocycles. The summed E-state index contributed by atoms with van der Waals surface area (Å²) < 4.78 is 0. The zero-order valence-corrected chi connectivity index (χ0v) is 12.0. The molecular formula is C14H31NO2. The maximum absolute atomic E-state index is 10.2. The lowest BCUT2D eigenvalue weighted by Crippen LogP contribution is -2.48. The van der Waals surface area contributed by atoms with Crippen LogP contribution in [0.15, 0.2) is 0 Å². The third-order valence-corrected chi connectivity index (χ3v) is 3.42. The van der Waals surface area contributed by atoms with Crippen LogP contribution in [0, 0.1) is 0 Å². The molecule has 3 nitrogen and oxygen atoms in total. The normalized spacial score (nSPS) is 17.1. The summed E-state index contributed by atoms with van der Waals surface area (Å²) in [4.78, 5) is 1.88. The third kappa shape index (κ3) is 6.39. The largest absolute Gasteiger partial charge is 0.378 e. The summed E-state index contributed by atoms with van der Waals surface area (Å²) in [5, 5.41) is 20.4. The smallest absolute Gasteiger partial charge is 0.109 e. The molecule has 0 bridgehead atoms. The standard InChI is InChI=1S/C14H31NO2/c1-5-8-10-13(16)15(12(4)7-3)14(17)11-9-6-2/h12-14,16-17H,5-11H2,1-4H3. The maximum atomic E-state index is 10.2. The van der Waals surface area contributed by atoms with Gasteiger partial charge in [0, 0.05) is 6.04 Å². The highest BCUT2D eigenvalue weighted by molar-refractivity contribution is 4.72. The van der Waals surface area contributed by atoms with Gasteiger partial charge in [0.05, 0.1) is 0 Å². The molecule has 104 valence electrons. The second-order valence-electron chi connectivity index (χ2n) is 4.95. The lowest BCUT2D eigenvalue weighted by atomic mass is 10.1. The van der Waals surface area contributed by atoms with Crippen molar-refractivity contribution in [3.8, 4) is 0 Å². The molecule has 3 atom stereocenters. The Kier molecular flexibility index (Phi) is 9.79. The van der Waals surface area contributed by atoms with E-state index in [0.29, 0.717) is 0 Å². The fraction of sp³-hybridized carbons (Fsp3) is 1.00. The molecule has 0 aromatic carbocycles. The van der Waals surface area contributed by atoms with Crippen LogP contribution < -0.4 is 0 Å². The van der Waals surface area contributed by atoms with E-state index in [4.69, 9.17) is 0 Å². The highest BCUT2D eigenvalue weighted by atomic mass is 16.3. The zero-order chi connectivity index (χ0) is 13.3. The molecule has 3 heteroatoms. The molecule has 0 heterocycles. The summed E-state index contributed by atoms with van der Waals surface area (Å²) in [7, 11) is 0. The van der Waals surface area contributed by atoms with E-state index in [1.54, 1.807) is 0 Å². The van der Waals surface area contributed by atoms with Gasteiger partial charge in [-0.1, -0.05) is 33.6 Å². The summed E-state index contributed by atoms with van der Waals surface area (Å²) in [5.41, 5.74) is 0. The Labute approximate surface area is 107 Å². The van der Waals surface area contributed by atoms with E-state index in [1.807, 2.05) is 4.90 Å². The van der Waals surface area contributed by atoms with Crippen molar-refractivity contribution in [2.75, 3.05) is 0 Å². The molecule has 0 aliphatic rings. The van der Waals surface area contributed by atoms with Crippen LogP contribution in [0.4, 0.5) is 0 Å². The van der Waals surface area contributed by atoms with Crippen molar-refractivity contribution in [3.05, 3.63) is 0 Å². The maximum Gasteiger partial charge on any atom is 0.109 e. The molecule has 0 saturated carbocycles. The predicted molar refractivity (Wildman–Crippen MR) is 72.7 cm³/mol. The molecular weight excluding hydrogens is 214 g/mol. The molecule has 0 aliphatic carbocycles. The molecule has 0 amide bonds. The predicted octanol–water partition coefficient (Wildman–Crippen LogP) is 3.10. The Morgan fingerprint density at radius 3 is 1.59 bits per heavy atom. The minimum atomic E-state index is -0.503. The first-order chi connectivity index (χ1) is 8.08. The zero-order valence-electron chi connectivity index (χ0n) is 12.0. The van der Waals surface area contributed by atoms with Crippen LogP contribution in [0.2, 0.25) is 0 Å². The number of aliphatic hydroxyl groups is 2. The van der Waals surface area contributed by atoms with Crippen LogP contribution >= 0.6 is 0 Å². The molecule has 0 radical (unpaired) electrons. The molecule has 3 unspecified atom stereocenters. The van der Waals surface area contributed by atoms with Gasteiger partial charge in [-0.3, -0.25) is 4.90 Å². The second kappa shape index (κ2) is 9.86. The number of aliphatic hydroxyl groups excluding tert-OH is 2. The molecule has 0 rings (SSSR count). The third-order valence-electron chi connectivity index (χ3n) is 3.42. The summed E-state index contributed by atoms with van der Waals surface area (Å²) in [5.74, 6) is 0. The first-order valence-corrected chi connectivity index (χ1v) is 7.21. The highest BCUT2D eigenvalue weighted by Gasteiger charge is 2.26. The van der Waals surface area contributed by atoms with E-state index in [-0.39, 0.29) is 6.04 Å². The quantitative estimate of drug-likeness (QED) is 0.581. The molecule has 2 N–H and O–H groups in total. The molecule has 0 aromatic heterocycles. The molecule has 0 aromatic rings. The monoisotopic (exact) mass is 245 g/mol. The summed E-state index contributed by atoms with van der Waals surface area (Å²) in [6, 6.07) is 0.230. The van der Waals surface area contributed by atoms with E-state index in [0.717, 1.165) is 44.9 Å². The van der Waals surface area contributed by atoms with Crippen molar-refractivity contribution in [2.24, 2.45) is 0 Å². The Bertz CT molecular complexity index is 162. The summed E-state index contributed by atoms with van der Waals surface area (Å²) in [6.45, 7) is 8.41. The fourth-order valence-corrected chi connectivity index (χ4v) is 2.07. The minimum absolute atomic E-state index is 0.230. The Morgan fingerprint density at radius 2 is 1.29 bits per heavy atom. The lowest BCUT2D eigenvalue weighted by molar-refractivity contribution is -0.128. The average molecular weight is 245 g/mol. The number of rotatable bonds is 10. The van der Waals surface area contributed by atoms with Crippen molar-refractivity contribution in [1.82, 2.24) is 4.90 Å². The summed E-state index contributed by atoms with van der Waals surface area (Å²) >= 11 is 0. The van der Waals surface area contributed by atoms with Gasteiger partial charge < -0.3 is 10.2 Å². The minimum Gasteiger partial charge on any atom is -0.378 e. The van der Waals surface area contributed by atoms with E-state index in [1.165, 1.54) is 0 Å². The highest BCUT2D eigenvalue weighted by Crippen LogP contribution is 2.18. The molecule has 0 fully saturated rings. The number of nitrogens with zero attached hydrogens (tertiary/aromatic N) is 1. The van der Waals surface area contributed by atoms with Gasteiger partial charge in [-0.25, -0.2) is 0 Å². The molecule has 0 saturated heterocycles. The Morgan fingerprint density at radius 1 is 0.882 bits per heavy atom. The first kappa shape index (κ1) is 16.9.